The van der Waals surface area contributed by atoms with Crippen LogP contribution in [0.1, 0.15) is 23.6 Å². The molecule has 5 nitrogen and oxygen atoms in total. The molecule has 1 aliphatic rings. The molecule has 30 heavy (non-hydrogen) atoms. The van der Waals surface area contributed by atoms with Crippen molar-refractivity contribution >= 4 is 57.9 Å². The van der Waals surface area contributed by atoms with Crippen LogP contribution in [-0.4, -0.2) is 26.8 Å². The maximum Gasteiger partial charge on any atom is 0.274 e. The van der Waals surface area contributed by atoms with Crippen molar-refractivity contribution < 1.29 is 9.59 Å². The number of hydrogen-bond acceptors (Lipinski definition) is 5. The first-order chi connectivity index (χ1) is 14.3. The molecule has 0 unspecified atom stereocenters. The normalized spacial score (nSPS) is 15.2. The number of benzene rings is 2. The van der Waals surface area contributed by atoms with Gasteiger partial charge in [0.25, 0.3) is 5.91 Å². The predicted octanol–water partition coefficient (Wildman–Crippen LogP) is 4.61. The fraction of sp³-hybridized carbons (Fsp3) is 0.130. The van der Waals surface area contributed by atoms with Crippen LogP contribution >= 0.6 is 24.0 Å². The summed E-state index contributed by atoms with van der Waals surface area (Å²) in [5.41, 5.74) is 4.11. The van der Waals surface area contributed by atoms with Crippen LogP contribution in [0.3, 0.4) is 0 Å². The van der Waals surface area contributed by atoms with Gasteiger partial charge in [-0.15, -0.1) is 0 Å². The fourth-order valence-corrected chi connectivity index (χ4v) is 4.45. The summed E-state index contributed by atoms with van der Waals surface area (Å²) in [4.78, 5) is 31.6. The predicted molar refractivity (Wildman–Crippen MR) is 123 cm³/mol. The molecule has 1 N–H and O–H groups in total. The molecular formula is C23H19N3O2S2. The molecule has 2 aromatic carbocycles. The molecule has 0 spiro atoms. The van der Waals surface area contributed by atoms with Gasteiger partial charge in [0.05, 0.1) is 5.52 Å². The van der Waals surface area contributed by atoms with E-state index in [2.05, 4.69) is 5.32 Å². The molecule has 7 heteroatoms. The van der Waals surface area contributed by atoms with Gasteiger partial charge in [0, 0.05) is 22.8 Å². The molecule has 0 saturated carbocycles. The number of carbonyl (C=O) groups is 2. The van der Waals surface area contributed by atoms with E-state index < -0.39 is 5.91 Å². The van der Waals surface area contributed by atoms with Crippen molar-refractivity contribution in [2.45, 2.75) is 30.7 Å². The van der Waals surface area contributed by atoms with Crippen molar-refractivity contribution in [1.29, 1.82) is 0 Å². The Kier molecular flexibility index (Phi) is 5.40. The van der Waals surface area contributed by atoms with Crippen molar-refractivity contribution in [3.63, 3.8) is 0 Å². The smallest absolute Gasteiger partial charge is 0.274 e. The minimum absolute atomic E-state index is 0.0936. The molecule has 0 radical (unpaired) electrons. The summed E-state index contributed by atoms with van der Waals surface area (Å²) in [6.07, 6.45) is 1.68. The quantitative estimate of drug-likeness (QED) is 0.483. The van der Waals surface area contributed by atoms with Crippen LogP contribution < -0.4 is 5.32 Å². The van der Waals surface area contributed by atoms with Crippen molar-refractivity contribution in [2.24, 2.45) is 0 Å². The van der Waals surface area contributed by atoms with Crippen LogP contribution in [0.2, 0.25) is 0 Å². The molecule has 0 aliphatic carbocycles. The number of amides is 2. The molecular weight excluding hydrogens is 414 g/mol. The number of carbonyl (C=O) groups excluding carboxylic acids is 2. The second-order valence-corrected chi connectivity index (χ2v) is 8.54. The molecule has 1 fully saturated rings. The number of nitrogens with zero attached hydrogens (tertiary/aromatic N) is 2. The van der Waals surface area contributed by atoms with Crippen molar-refractivity contribution in [1.82, 2.24) is 15.2 Å². The highest BCUT2D eigenvalue weighted by Crippen LogP contribution is 2.34. The zero-order valence-electron chi connectivity index (χ0n) is 16.7. The van der Waals surface area contributed by atoms with Gasteiger partial charge in [0.1, 0.15) is 10.7 Å². The van der Waals surface area contributed by atoms with Crippen molar-refractivity contribution in [3.8, 4) is 0 Å². The molecule has 2 heterocycles. The molecule has 150 valence electrons. The Labute approximate surface area is 184 Å². The van der Waals surface area contributed by atoms with Crippen LogP contribution in [0.4, 0.5) is 0 Å². The van der Waals surface area contributed by atoms with Crippen molar-refractivity contribution in [3.05, 3.63) is 70.9 Å². The summed E-state index contributed by atoms with van der Waals surface area (Å²) in [6, 6.07) is 16.2. The van der Waals surface area contributed by atoms with E-state index in [9.17, 15) is 9.59 Å². The first-order valence-corrected chi connectivity index (χ1v) is 10.6. The average molecular weight is 434 g/mol. The van der Waals surface area contributed by atoms with E-state index in [1.54, 1.807) is 6.08 Å². The van der Waals surface area contributed by atoms with Gasteiger partial charge in [-0.1, -0.05) is 47.7 Å². The second-order valence-electron chi connectivity index (χ2n) is 7.09. The number of aromatic nitrogens is 1. The van der Waals surface area contributed by atoms with Crippen LogP contribution in [0.25, 0.3) is 17.0 Å². The van der Waals surface area contributed by atoms with Gasteiger partial charge in [-0.3, -0.25) is 19.8 Å². The summed E-state index contributed by atoms with van der Waals surface area (Å²) in [7, 11) is 0. The zero-order chi connectivity index (χ0) is 21.4. The van der Waals surface area contributed by atoms with Gasteiger partial charge in [-0.05, 0) is 55.9 Å². The lowest BCUT2D eigenvalue weighted by atomic mass is 10.1. The number of para-hydroxylation sites is 1. The van der Waals surface area contributed by atoms with E-state index >= 15 is 0 Å². The number of nitrogens with one attached hydrogen (secondary N) is 1. The third-order valence-electron chi connectivity index (χ3n) is 4.78. The molecule has 0 bridgehead atoms. The highest BCUT2D eigenvalue weighted by molar-refractivity contribution is 7.99. The lowest BCUT2D eigenvalue weighted by Gasteiger charge is -2.14. The van der Waals surface area contributed by atoms with E-state index in [0.717, 1.165) is 32.0 Å². The number of aryl methyl sites for hydroxylation is 2. The van der Waals surface area contributed by atoms with E-state index in [1.165, 1.54) is 29.1 Å². The Bertz CT molecular complexity index is 1230. The first kappa shape index (κ1) is 20.3. The zero-order valence-corrected chi connectivity index (χ0v) is 18.4. The van der Waals surface area contributed by atoms with Gasteiger partial charge < -0.3 is 0 Å². The standard InChI is InChI=1S/C23H19N3O2S2/c1-13-7-9-18(10-8-13)30-22-17(11-16-6-4-5-14(2)20(16)24-22)12-19-21(28)25-23(29)26(19)15(3)27/h4-12H,1-3H3,(H,25,28,29). The first-order valence-electron chi connectivity index (χ1n) is 9.36. The lowest BCUT2D eigenvalue weighted by molar-refractivity contribution is -0.125. The van der Waals surface area contributed by atoms with E-state index in [-0.39, 0.29) is 16.7 Å². The van der Waals surface area contributed by atoms with Gasteiger partial charge in [0.2, 0.25) is 5.91 Å². The third-order valence-corrected chi connectivity index (χ3v) is 6.09. The Morgan fingerprint density at radius 1 is 1.17 bits per heavy atom. The summed E-state index contributed by atoms with van der Waals surface area (Å²) in [5.74, 6) is -0.715. The largest absolute Gasteiger partial charge is 0.297 e. The van der Waals surface area contributed by atoms with Crippen LogP contribution in [0, 0.1) is 13.8 Å². The maximum atomic E-state index is 12.4. The topological polar surface area (TPSA) is 62.3 Å². The van der Waals surface area contributed by atoms with Gasteiger partial charge in [-0.2, -0.15) is 0 Å². The van der Waals surface area contributed by atoms with E-state index in [4.69, 9.17) is 17.2 Å². The van der Waals surface area contributed by atoms with E-state index in [1.807, 2.05) is 62.4 Å². The van der Waals surface area contributed by atoms with Crippen LogP contribution in [0.5, 0.6) is 0 Å². The minimum atomic E-state index is -0.397. The summed E-state index contributed by atoms with van der Waals surface area (Å²) in [6.45, 7) is 5.44. The SMILES string of the molecule is CC(=O)N1C(=S)NC(=O)C1=Cc1cc2cccc(C)c2nc1Sc1ccc(C)cc1. The van der Waals surface area contributed by atoms with Crippen LogP contribution in [-0.2, 0) is 9.59 Å². The lowest BCUT2D eigenvalue weighted by Crippen LogP contribution is -2.31. The molecule has 1 aliphatic heterocycles. The summed E-state index contributed by atoms with van der Waals surface area (Å²) < 4.78 is 0. The number of rotatable bonds is 3. The van der Waals surface area contributed by atoms with Gasteiger partial charge in [0.15, 0.2) is 5.11 Å². The number of hydrogen-bond donors (Lipinski definition) is 1. The molecule has 1 saturated heterocycles. The Hall–Kier alpha value is -3.03. The Morgan fingerprint density at radius 3 is 2.60 bits per heavy atom. The second kappa shape index (κ2) is 8.01. The molecule has 1 aromatic heterocycles. The number of pyridine rings is 1. The Morgan fingerprint density at radius 2 is 1.90 bits per heavy atom. The number of thiocarbonyl (C=S) groups is 1. The summed E-state index contributed by atoms with van der Waals surface area (Å²) in [5, 5.41) is 4.35. The minimum Gasteiger partial charge on any atom is -0.297 e. The molecule has 0 atom stereocenters. The maximum absolute atomic E-state index is 12.4. The molecule has 4 rings (SSSR count). The third kappa shape index (κ3) is 3.86. The van der Waals surface area contributed by atoms with Gasteiger partial charge >= 0.3 is 0 Å². The fourth-order valence-electron chi connectivity index (χ4n) is 3.27. The highest BCUT2D eigenvalue weighted by atomic mass is 32.2. The van der Waals surface area contributed by atoms with Crippen molar-refractivity contribution in [2.75, 3.05) is 0 Å². The van der Waals surface area contributed by atoms with Crippen LogP contribution in [0.15, 0.2) is 64.1 Å². The summed E-state index contributed by atoms with van der Waals surface area (Å²) >= 11 is 6.66. The van der Waals surface area contributed by atoms with E-state index in [0.29, 0.717) is 0 Å². The Balaban J connectivity index is 1.89. The monoisotopic (exact) mass is 433 g/mol. The molecule has 2 amide bonds. The number of fused-ring (bicyclic) bond motifs is 1. The average Bonchev–Trinajstić information content (AvgIpc) is 2.98. The van der Waals surface area contributed by atoms with Gasteiger partial charge in [-0.25, -0.2) is 4.98 Å². The molecule has 3 aromatic rings. The highest BCUT2D eigenvalue weighted by Gasteiger charge is 2.33.